The van der Waals surface area contributed by atoms with Gasteiger partial charge in [0.05, 0.1) is 46.0 Å². The topological polar surface area (TPSA) is 129 Å². The Balaban J connectivity index is 1.10. The molecule has 6 rings (SSSR count). The summed E-state index contributed by atoms with van der Waals surface area (Å²) < 4.78 is 16.9. The molecule has 2 bridgehead atoms. The summed E-state index contributed by atoms with van der Waals surface area (Å²) >= 11 is 19.1. The van der Waals surface area contributed by atoms with Crippen molar-refractivity contribution in [3.8, 4) is 11.3 Å². The van der Waals surface area contributed by atoms with E-state index in [4.69, 9.17) is 54.6 Å². The molecule has 10 nitrogen and oxygen atoms in total. The molecule has 1 aromatic heterocycles. The van der Waals surface area contributed by atoms with Crippen molar-refractivity contribution < 1.29 is 28.4 Å². The van der Waals surface area contributed by atoms with E-state index < -0.39 is 11.9 Å². The summed E-state index contributed by atoms with van der Waals surface area (Å²) in [7, 11) is 1.25. The van der Waals surface area contributed by atoms with Crippen LogP contribution >= 0.6 is 34.8 Å². The molecule has 2 aliphatic heterocycles. The zero-order chi connectivity index (χ0) is 30.2. The van der Waals surface area contributed by atoms with Crippen molar-refractivity contribution in [2.45, 2.75) is 69.2 Å². The van der Waals surface area contributed by atoms with Crippen LogP contribution < -0.4 is 5.73 Å². The Labute approximate surface area is 262 Å². The number of carbonyl (C=O) groups is 2. The highest BCUT2D eigenvalue weighted by molar-refractivity contribution is 6.39. The summed E-state index contributed by atoms with van der Waals surface area (Å²) in [5, 5.41) is 9.36. The molecular formula is C30H29Cl3N4O6. The summed E-state index contributed by atoms with van der Waals surface area (Å²) in [6.07, 6.45) is 5.39. The van der Waals surface area contributed by atoms with Gasteiger partial charge in [0, 0.05) is 29.1 Å². The number of hydrogen-bond acceptors (Lipinski definition) is 8. The first-order valence-electron chi connectivity index (χ1n) is 14.0. The van der Waals surface area contributed by atoms with Crippen LogP contribution in [0.15, 0.2) is 46.1 Å². The number of benzene rings is 2. The molecule has 0 spiro atoms. The fourth-order valence-corrected chi connectivity index (χ4v) is 6.83. The average molecular weight is 648 g/mol. The maximum Gasteiger partial charge on any atom is 0.365 e. The van der Waals surface area contributed by atoms with E-state index in [1.807, 2.05) is 4.90 Å². The molecule has 3 aliphatic rings. The van der Waals surface area contributed by atoms with Gasteiger partial charge in [-0.05, 0) is 74.0 Å². The number of methoxy groups -OCH3 is 1. The lowest BCUT2D eigenvalue weighted by Crippen LogP contribution is -2.51. The average Bonchev–Trinajstić information content (AvgIpc) is 3.70. The van der Waals surface area contributed by atoms with E-state index in [9.17, 15) is 9.59 Å². The number of fused-ring (bicyclic) bond motifs is 2. The lowest BCUT2D eigenvalue weighted by Gasteiger charge is -2.39. The Kier molecular flexibility index (Phi) is 8.55. The minimum absolute atomic E-state index is 0.0175. The number of aromatic nitrogens is 1. The summed E-state index contributed by atoms with van der Waals surface area (Å²) in [6.45, 7) is 0.328. The lowest BCUT2D eigenvalue weighted by atomic mass is 9.99. The van der Waals surface area contributed by atoms with Crippen LogP contribution in [0.3, 0.4) is 0 Å². The number of esters is 1. The number of ether oxygens (including phenoxy) is 2. The van der Waals surface area contributed by atoms with E-state index in [0.717, 1.165) is 49.8 Å². The van der Waals surface area contributed by atoms with Crippen molar-refractivity contribution in [2.24, 2.45) is 10.9 Å². The largest absolute Gasteiger partial charge is 0.465 e. The first-order chi connectivity index (χ1) is 20.7. The van der Waals surface area contributed by atoms with Gasteiger partial charge >= 0.3 is 11.9 Å². The van der Waals surface area contributed by atoms with E-state index in [1.54, 1.807) is 18.2 Å². The predicted octanol–water partition coefficient (Wildman–Crippen LogP) is 6.56. The molecular weight excluding hydrogens is 619 g/mol. The first-order valence-corrected chi connectivity index (χ1v) is 15.1. The summed E-state index contributed by atoms with van der Waals surface area (Å²) in [5.74, 6) is -0.0560. The normalized spacial score (nSPS) is 21.6. The number of rotatable bonds is 8. The molecule has 3 fully saturated rings. The first kappa shape index (κ1) is 29.7. The van der Waals surface area contributed by atoms with Crippen LogP contribution in [-0.4, -0.2) is 53.3 Å². The molecule has 3 aromatic rings. The van der Waals surface area contributed by atoms with Crippen molar-refractivity contribution in [1.29, 1.82) is 0 Å². The number of nitrogens with zero attached hydrogens (tertiary/aromatic N) is 3. The zero-order valence-electron chi connectivity index (χ0n) is 23.2. The summed E-state index contributed by atoms with van der Waals surface area (Å²) in [4.78, 5) is 31.5. The Morgan fingerprint density at radius 3 is 2.35 bits per heavy atom. The SMILES string of the molecule is COC(=O)c1ccc(C(=O)O/N=C(\N)N2[C@@H]3CC[C@H]2CC(OCc2c(-c4c(Cl)cccc4Cl)noc2C2CC2)C3)cc1Cl. The smallest absolute Gasteiger partial charge is 0.365 e. The standard InChI is InChI=1S/C30H29Cl3N4O6/c1-40-29(39)20-10-7-16(11-24(20)33)28(38)43-36-30(34)37-17-8-9-18(37)13-19(12-17)41-14-21-26(35-42-27(21)15-5-6-15)25-22(31)3-2-4-23(25)32/h2-4,7,10-11,15,17-19H,5-6,8-9,12-14H2,1H3,(H2,34,36)/t17-,18+,19?. The molecule has 3 atom stereocenters. The molecule has 1 aliphatic carbocycles. The second-order valence-corrected chi connectivity index (χ2v) is 12.2. The summed E-state index contributed by atoms with van der Waals surface area (Å²) in [6, 6.07) is 9.66. The van der Waals surface area contributed by atoms with Gasteiger partial charge < -0.3 is 29.5 Å². The number of piperidine rings is 1. The fraction of sp³-hybridized carbons (Fsp3) is 0.400. The van der Waals surface area contributed by atoms with E-state index in [1.165, 1.54) is 25.3 Å². The third kappa shape index (κ3) is 6.06. The van der Waals surface area contributed by atoms with Crippen molar-refractivity contribution in [3.63, 3.8) is 0 Å². The molecule has 1 unspecified atom stereocenters. The highest BCUT2D eigenvalue weighted by atomic mass is 35.5. The van der Waals surface area contributed by atoms with Crippen LogP contribution in [0, 0.1) is 0 Å². The molecule has 226 valence electrons. The van der Waals surface area contributed by atoms with E-state index in [0.29, 0.717) is 33.8 Å². The lowest BCUT2D eigenvalue weighted by molar-refractivity contribution is -0.0127. The van der Waals surface area contributed by atoms with Crippen LogP contribution in [0.4, 0.5) is 0 Å². The predicted molar refractivity (Wildman–Crippen MR) is 160 cm³/mol. The second kappa shape index (κ2) is 12.4. The van der Waals surface area contributed by atoms with Gasteiger partial charge in [-0.15, -0.1) is 0 Å². The number of oxime groups is 1. The van der Waals surface area contributed by atoms with Crippen LogP contribution in [0.2, 0.25) is 15.1 Å². The van der Waals surface area contributed by atoms with E-state index >= 15 is 0 Å². The maximum absolute atomic E-state index is 12.6. The molecule has 2 saturated heterocycles. The quantitative estimate of drug-likeness (QED) is 0.0949. The van der Waals surface area contributed by atoms with E-state index in [2.05, 4.69) is 15.0 Å². The number of nitrogens with two attached hydrogens (primary N) is 1. The van der Waals surface area contributed by atoms with Crippen molar-refractivity contribution >= 4 is 52.7 Å². The zero-order valence-corrected chi connectivity index (χ0v) is 25.5. The molecule has 1 saturated carbocycles. The van der Waals surface area contributed by atoms with Gasteiger partial charge in [0.15, 0.2) is 0 Å². The van der Waals surface area contributed by atoms with Crippen LogP contribution in [0.25, 0.3) is 11.3 Å². The third-order valence-corrected chi connectivity index (χ3v) is 9.16. The highest BCUT2D eigenvalue weighted by Gasteiger charge is 2.43. The van der Waals surface area contributed by atoms with Crippen LogP contribution in [-0.2, 0) is 20.9 Å². The van der Waals surface area contributed by atoms with Gasteiger partial charge in [-0.25, -0.2) is 9.59 Å². The van der Waals surface area contributed by atoms with Gasteiger partial charge in [0.25, 0.3) is 0 Å². The molecule has 3 heterocycles. The third-order valence-electron chi connectivity index (χ3n) is 8.22. The van der Waals surface area contributed by atoms with Gasteiger partial charge in [-0.2, -0.15) is 0 Å². The van der Waals surface area contributed by atoms with Crippen molar-refractivity contribution in [2.75, 3.05) is 7.11 Å². The van der Waals surface area contributed by atoms with Gasteiger partial charge in [0.2, 0.25) is 5.96 Å². The number of halogens is 3. The second-order valence-electron chi connectivity index (χ2n) is 11.0. The summed E-state index contributed by atoms with van der Waals surface area (Å²) in [5.41, 5.74) is 8.73. The molecule has 13 heteroatoms. The molecule has 43 heavy (non-hydrogen) atoms. The minimum Gasteiger partial charge on any atom is -0.465 e. The van der Waals surface area contributed by atoms with Crippen LogP contribution in [0.1, 0.15) is 76.5 Å². The molecule has 0 amide bonds. The Bertz CT molecular complexity index is 1560. The number of guanidine groups is 1. The van der Waals surface area contributed by atoms with Crippen molar-refractivity contribution in [1.82, 2.24) is 10.1 Å². The monoisotopic (exact) mass is 646 g/mol. The Morgan fingerprint density at radius 1 is 1.02 bits per heavy atom. The number of carbonyl (C=O) groups excluding carboxylic acids is 2. The van der Waals surface area contributed by atoms with Gasteiger partial charge in [-0.1, -0.05) is 46.0 Å². The minimum atomic E-state index is -0.749. The van der Waals surface area contributed by atoms with E-state index in [-0.39, 0.29) is 40.3 Å². The Hall–Kier alpha value is -3.31. The Morgan fingerprint density at radius 2 is 1.72 bits per heavy atom. The fourth-order valence-electron chi connectivity index (χ4n) is 5.99. The van der Waals surface area contributed by atoms with Gasteiger partial charge in [-0.3, -0.25) is 0 Å². The van der Waals surface area contributed by atoms with Crippen molar-refractivity contribution in [3.05, 3.63) is 73.9 Å². The molecule has 2 aromatic carbocycles. The maximum atomic E-state index is 12.6. The van der Waals surface area contributed by atoms with Gasteiger partial charge in [0.1, 0.15) is 11.5 Å². The highest BCUT2D eigenvalue weighted by Crippen LogP contribution is 2.46. The van der Waals surface area contributed by atoms with Crippen LogP contribution in [0.5, 0.6) is 0 Å². The molecule has 2 N–H and O–H groups in total. The molecule has 0 radical (unpaired) electrons. The number of hydrogen-bond donors (Lipinski definition) is 1.